The minimum absolute atomic E-state index is 0.131. The summed E-state index contributed by atoms with van der Waals surface area (Å²) in [6, 6.07) is 3.29. The molecule has 0 aliphatic carbocycles. The van der Waals surface area contributed by atoms with Crippen LogP contribution < -0.4 is 5.32 Å². The number of likely N-dealkylation sites (tertiary alicyclic amines) is 1. The largest absolute Gasteiger partial charge is 0.478 e. The van der Waals surface area contributed by atoms with Crippen LogP contribution in [0.4, 0.5) is 4.39 Å². The van der Waals surface area contributed by atoms with Crippen LogP contribution in [-0.4, -0.2) is 57.2 Å². The van der Waals surface area contributed by atoms with Gasteiger partial charge in [-0.2, -0.15) is 5.10 Å². The summed E-state index contributed by atoms with van der Waals surface area (Å²) in [5, 5.41) is 15.7. The summed E-state index contributed by atoms with van der Waals surface area (Å²) in [5.41, 5.74) is 0.167. The Hall–Kier alpha value is -3.23. The van der Waals surface area contributed by atoms with E-state index in [1.165, 1.54) is 18.3 Å². The molecule has 1 aromatic carbocycles. The topological polar surface area (TPSA) is 105 Å². The first kappa shape index (κ1) is 19.5. The number of aromatic carboxylic acids is 1. The third-order valence-electron chi connectivity index (χ3n) is 4.87. The molecule has 1 saturated heterocycles. The van der Waals surface area contributed by atoms with E-state index in [0.717, 1.165) is 6.07 Å². The predicted molar refractivity (Wildman–Crippen MR) is 97.5 cm³/mol. The van der Waals surface area contributed by atoms with Crippen LogP contribution in [0.5, 0.6) is 0 Å². The van der Waals surface area contributed by atoms with E-state index in [1.54, 1.807) is 22.8 Å². The molecular formula is C19H21FN4O4. The van der Waals surface area contributed by atoms with E-state index in [9.17, 15) is 18.8 Å². The maximum atomic E-state index is 14.1. The molecule has 1 fully saturated rings. The van der Waals surface area contributed by atoms with Crippen LogP contribution in [0.3, 0.4) is 0 Å². The average molecular weight is 388 g/mol. The highest BCUT2D eigenvalue weighted by molar-refractivity contribution is 5.96. The Morgan fingerprint density at radius 3 is 2.54 bits per heavy atom. The van der Waals surface area contributed by atoms with Gasteiger partial charge in [0.25, 0.3) is 11.8 Å². The molecule has 2 amide bonds. The van der Waals surface area contributed by atoms with Crippen LogP contribution in [0.1, 0.15) is 43.9 Å². The number of rotatable bonds is 5. The van der Waals surface area contributed by atoms with Crippen molar-refractivity contribution in [3.05, 3.63) is 53.1 Å². The number of nitrogens with one attached hydrogen (secondary N) is 1. The molecule has 9 heteroatoms. The molecule has 3 rings (SSSR count). The lowest BCUT2D eigenvalue weighted by Crippen LogP contribution is -2.41. The highest BCUT2D eigenvalue weighted by Gasteiger charge is 2.26. The molecule has 0 bridgehead atoms. The standard InChI is InChI=1S/C19H21FN4O4/c1-23-11-14(10-22-23)17(25)21-9-12-4-6-24(7-5-12)18(26)15-3-2-13(19(27)28)8-16(15)20/h2-3,8,10-12H,4-7,9H2,1H3,(H,21,25)(H,27,28). The molecule has 0 unspecified atom stereocenters. The van der Waals surface area contributed by atoms with Crippen molar-refractivity contribution < 1.29 is 23.9 Å². The second-order valence-corrected chi connectivity index (χ2v) is 6.85. The number of piperidine rings is 1. The van der Waals surface area contributed by atoms with Crippen LogP contribution in [0.15, 0.2) is 30.6 Å². The molecule has 8 nitrogen and oxygen atoms in total. The number of aromatic nitrogens is 2. The Balaban J connectivity index is 1.51. The number of carboxylic acid groups (broad SMARTS) is 1. The first-order valence-corrected chi connectivity index (χ1v) is 8.94. The lowest BCUT2D eigenvalue weighted by molar-refractivity contribution is 0.0672. The summed E-state index contributed by atoms with van der Waals surface area (Å²) in [7, 11) is 1.74. The monoisotopic (exact) mass is 388 g/mol. The zero-order chi connectivity index (χ0) is 20.3. The summed E-state index contributed by atoms with van der Waals surface area (Å²) in [4.78, 5) is 37.0. The van der Waals surface area contributed by atoms with Gasteiger partial charge in [0.05, 0.1) is 22.9 Å². The van der Waals surface area contributed by atoms with Crippen molar-refractivity contribution in [1.82, 2.24) is 20.0 Å². The molecule has 2 heterocycles. The van der Waals surface area contributed by atoms with Crippen molar-refractivity contribution in [1.29, 1.82) is 0 Å². The van der Waals surface area contributed by atoms with Crippen LogP contribution in [0.2, 0.25) is 0 Å². The molecule has 2 N–H and O–H groups in total. The van der Waals surface area contributed by atoms with Gasteiger partial charge in [0.15, 0.2) is 0 Å². The number of amides is 2. The van der Waals surface area contributed by atoms with Crippen LogP contribution >= 0.6 is 0 Å². The Labute approximate surface area is 160 Å². The average Bonchev–Trinajstić information content (AvgIpc) is 3.12. The number of carbonyl (C=O) groups excluding carboxylic acids is 2. The number of benzene rings is 1. The minimum atomic E-state index is -1.24. The molecule has 1 aliphatic rings. The molecule has 1 aliphatic heterocycles. The number of carboxylic acids is 1. The van der Waals surface area contributed by atoms with Crippen molar-refractivity contribution >= 4 is 17.8 Å². The van der Waals surface area contributed by atoms with E-state index in [4.69, 9.17) is 5.11 Å². The van der Waals surface area contributed by atoms with Gasteiger partial charge in [0.2, 0.25) is 0 Å². The smallest absolute Gasteiger partial charge is 0.335 e. The number of nitrogens with zero attached hydrogens (tertiary/aromatic N) is 3. The van der Waals surface area contributed by atoms with Crippen LogP contribution in [-0.2, 0) is 7.05 Å². The predicted octanol–water partition coefficient (Wildman–Crippen LogP) is 1.54. The fraction of sp³-hybridized carbons (Fsp3) is 0.368. The summed E-state index contributed by atoms with van der Waals surface area (Å²) in [6.07, 6.45) is 4.52. The molecule has 0 atom stereocenters. The normalized spacial score (nSPS) is 14.7. The zero-order valence-electron chi connectivity index (χ0n) is 15.4. The van der Waals surface area contributed by atoms with E-state index in [0.29, 0.717) is 38.0 Å². The van der Waals surface area contributed by atoms with E-state index < -0.39 is 17.7 Å². The third kappa shape index (κ3) is 4.36. The first-order valence-electron chi connectivity index (χ1n) is 8.94. The molecule has 148 valence electrons. The van der Waals surface area contributed by atoms with Crippen LogP contribution in [0, 0.1) is 11.7 Å². The van der Waals surface area contributed by atoms with Crippen molar-refractivity contribution in [3.8, 4) is 0 Å². The molecule has 2 aromatic rings. The molecule has 28 heavy (non-hydrogen) atoms. The Morgan fingerprint density at radius 1 is 1.25 bits per heavy atom. The number of hydrogen-bond donors (Lipinski definition) is 2. The molecule has 0 radical (unpaired) electrons. The van der Waals surface area contributed by atoms with Gasteiger partial charge in [-0.05, 0) is 37.0 Å². The van der Waals surface area contributed by atoms with Crippen LogP contribution in [0.25, 0.3) is 0 Å². The number of halogens is 1. The molecule has 1 aromatic heterocycles. The van der Waals surface area contributed by atoms with Gasteiger partial charge < -0.3 is 15.3 Å². The SMILES string of the molecule is Cn1cc(C(=O)NCC2CCN(C(=O)c3ccc(C(=O)O)cc3F)CC2)cn1. The summed E-state index contributed by atoms with van der Waals surface area (Å²) >= 11 is 0. The van der Waals surface area contributed by atoms with Gasteiger partial charge in [-0.3, -0.25) is 14.3 Å². The number of carbonyl (C=O) groups is 3. The quantitative estimate of drug-likeness (QED) is 0.809. The Morgan fingerprint density at radius 2 is 1.96 bits per heavy atom. The van der Waals surface area contributed by atoms with Gasteiger partial charge in [-0.25, -0.2) is 9.18 Å². The Kier molecular flexibility index (Phi) is 5.72. The molecule has 0 saturated carbocycles. The van der Waals surface area contributed by atoms with E-state index >= 15 is 0 Å². The molecule has 0 spiro atoms. The molecular weight excluding hydrogens is 367 g/mol. The van der Waals surface area contributed by atoms with E-state index in [1.807, 2.05) is 0 Å². The summed E-state index contributed by atoms with van der Waals surface area (Å²) in [6.45, 7) is 1.40. The minimum Gasteiger partial charge on any atom is -0.478 e. The van der Waals surface area contributed by atoms with Gasteiger partial charge in [0, 0.05) is 32.9 Å². The van der Waals surface area contributed by atoms with Crippen molar-refractivity contribution in [2.75, 3.05) is 19.6 Å². The van der Waals surface area contributed by atoms with Gasteiger partial charge in [-0.1, -0.05) is 0 Å². The summed E-state index contributed by atoms with van der Waals surface area (Å²) < 4.78 is 15.7. The Bertz CT molecular complexity index is 903. The highest BCUT2D eigenvalue weighted by atomic mass is 19.1. The van der Waals surface area contributed by atoms with Crippen molar-refractivity contribution in [2.24, 2.45) is 13.0 Å². The zero-order valence-corrected chi connectivity index (χ0v) is 15.4. The van der Waals surface area contributed by atoms with Gasteiger partial charge >= 0.3 is 5.97 Å². The first-order chi connectivity index (χ1) is 13.3. The fourth-order valence-corrected chi connectivity index (χ4v) is 3.21. The summed E-state index contributed by atoms with van der Waals surface area (Å²) in [5.74, 6) is -2.49. The van der Waals surface area contributed by atoms with Crippen molar-refractivity contribution in [3.63, 3.8) is 0 Å². The van der Waals surface area contributed by atoms with Crippen molar-refractivity contribution in [2.45, 2.75) is 12.8 Å². The van der Waals surface area contributed by atoms with E-state index in [2.05, 4.69) is 10.4 Å². The lowest BCUT2D eigenvalue weighted by atomic mass is 9.96. The van der Waals surface area contributed by atoms with E-state index in [-0.39, 0.29) is 23.0 Å². The highest BCUT2D eigenvalue weighted by Crippen LogP contribution is 2.20. The number of hydrogen-bond acceptors (Lipinski definition) is 4. The second-order valence-electron chi connectivity index (χ2n) is 6.85. The van der Waals surface area contributed by atoms with Gasteiger partial charge in [0.1, 0.15) is 5.82 Å². The lowest BCUT2D eigenvalue weighted by Gasteiger charge is -2.32. The van der Waals surface area contributed by atoms with Gasteiger partial charge in [-0.15, -0.1) is 0 Å². The maximum Gasteiger partial charge on any atom is 0.335 e. The third-order valence-corrected chi connectivity index (χ3v) is 4.87. The number of aryl methyl sites for hydroxylation is 1. The fourth-order valence-electron chi connectivity index (χ4n) is 3.21. The second kappa shape index (κ2) is 8.20. The maximum absolute atomic E-state index is 14.1.